The largest absolute Gasteiger partial charge is 0.468 e. The maximum absolute atomic E-state index is 10.7. The van der Waals surface area contributed by atoms with Gasteiger partial charge in [-0.25, -0.2) is 4.68 Å². The highest BCUT2D eigenvalue weighted by Gasteiger charge is 2.23. The number of aromatic nitrogens is 2. The van der Waals surface area contributed by atoms with Gasteiger partial charge >= 0.3 is 0 Å². The second-order valence-electron chi connectivity index (χ2n) is 8.80. The van der Waals surface area contributed by atoms with Crippen molar-refractivity contribution in [3.8, 4) is 17.3 Å². The molecule has 1 N–H and O–H groups in total. The van der Waals surface area contributed by atoms with Gasteiger partial charge in [-0.3, -0.25) is 4.90 Å². The lowest BCUT2D eigenvalue weighted by Crippen LogP contribution is -2.32. The van der Waals surface area contributed by atoms with E-state index in [0.717, 1.165) is 34.9 Å². The molecule has 182 valence electrons. The van der Waals surface area contributed by atoms with E-state index in [1.807, 2.05) is 84.4 Å². The van der Waals surface area contributed by atoms with E-state index >= 15 is 0 Å². The molecule has 4 rings (SSSR count). The first-order valence-corrected chi connectivity index (χ1v) is 12.0. The summed E-state index contributed by atoms with van der Waals surface area (Å²) in [4.78, 5) is 2.17. The fraction of sp³-hybridized carbons (Fsp3) is 0.276. The lowest BCUT2D eigenvalue weighted by atomic mass is 10.1. The minimum Gasteiger partial charge on any atom is -0.468 e. The Morgan fingerprint density at radius 1 is 1.06 bits per heavy atom. The first-order valence-electron chi connectivity index (χ1n) is 12.0. The molecule has 0 saturated heterocycles. The van der Waals surface area contributed by atoms with Crippen molar-refractivity contribution in [2.45, 2.75) is 45.9 Å². The molecule has 2 aromatic carbocycles. The summed E-state index contributed by atoms with van der Waals surface area (Å²) >= 11 is 0. The average Bonchev–Trinajstić information content (AvgIpc) is 3.48. The summed E-state index contributed by atoms with van der Waals surface area (Å²) < 4.78 is 13.9. The number of nitrogens with zero attached hydrogens (tertiary/aromatic N) is 3. The van der Waals surface area contributed by atoms with E-state index in [1.54, 1.807) is 6.26 Å². The lowest BCUT2D eigenvalue weighted by Gasteiger charge is -2.24. The summed E-state index contributed by atoms with van der Waals surface area (Å²) in [6.45, 7) is 9.43. The monoisotopic (exact) mass is 471 g/mol. The van der Waals surface area contributed by atoms with Crippen LogP contribution >= 0.6 is 0 Å². The second-order valence-corrected chi connectivity index (χ2v) is 8.80. The van der Waals surface area contributed by atoms with Crippen LogP contribution in [0, 0.1) is 13.8 Å². The lowest BCUT2D eigenvalue weighted by molar-refractivity contribution is 0.0939. The first-order chi connectivity index (χ1) is 17.0. The Morgan fingerprint density at radius 2 is 1.83 bits per heavy atom. The molecule has 2 heterocycles. The molecular formula is C29H33N3O3. The SMILES string of the molecule is C=CCCC(O)CN(Cc1ccco1)Cc1c(C)nn(-c2ccccc2)c1Oc1ccc(C)cc1. The van der Waals surface area contributed by atoms with Crippen LogP contribution in [0.1, 0.15) is 35.4 Å². The number of hydrogen-bond acceptors (Lipinski definition) is 5. The van der Waals surface area contributed by atoms with Gasteiger partial charge in [-0.15, -0.1) is 6.58 Å². The standard InChI is InChI=1S/C29H33N3O3/c1-4-5-12-25(33)19-31(20-27-13-9-18-34-27)21-28-23(3)30-32(24-10-7-6-8-11-24)29(28)35-26-16-14-22(2)15-17-26/h4,6-11,13-18,25,33H,1,5,12,19-21H2,2-3H3. The topological polar surface area (TPSA) is 63.7 Å². The normalized spacial score (nSPS) is 12.1. The molecule has 2 aromatic heterocycles. The molecule has 0 aliphatic carbocycles. The first kappa shape index (κ1) is 24.5. The molecule has 0 radical (unpaired) electrons. The zero-order chi connectivity index (χ0) is 24.6. The Morgan fingerprint density at radius 3 is 2.51 bits per heavy atom. The van der Waals surface area contributed by atoms with Crippen molar-refractivity contribution in [1.29, 1.82) is 0 Å². The Kier molecular flexibility index (Phi) is 8.19. The minimum absolute atomic E-state index is 0.478. The molecule has 0 spiro atoms. The maximum Gasteiger partial charge on any atom is 0.227 e. The van der Waals surface area contributed by atoms with Gasteiger partial charge in [0, 0.05) is 13.1 Å². The van der Waals surface area contributed by atoms with Crippen LogP contribution in [0.15, 0.2) is 90.1 Å². The number of aliphatic hydroxyl groups is 1. The number of allylic oxidation sites excluding steroid dienone is 1. The highest BCUT2D eigenvalue weighted by atomic mass is 16.5. The molecule has 0 aliphatic rings. The van der Waals surface area contributed by atoms with E-state index in [4.69, 9.17) is 14.3 Å². The number of ether oxygens (including phenoxy) is 1. The summed E-state index contributed by atoms with van der Waals surface area (Å²) in [5.41, 5.74) is 3.94. The van der Waals surface area contributed by atoms with Gasteiger partial charge in [-0.2, -0.15) is 5.10 Å². The number of aliphatic hydroxyl groups excluding tert-OH is 1. The fourth-order valence-electron chi connectivity index (χ4n) is 4.02. The van der Waals surface area contributed by atoms with Crippen molar-refractivity contribution in [2.24, 2.45) is 0 Å². The number of hydrogen-bond donors (Lipinski definition) is 1. The van der Waals surface area contributed by atoms with Crippen LogP contribution in [0.2, 0.25) is 0 Å². The second kappa shape index (κ2) is 11.7. The predicted octanol–water partition coefficient (Wildman–Crippen LogP) is 6.20. The summed E-state index contributed by atoms with van der Waals surface area (Å²) in [5, 5.41) is 15.5. The molecule has 4 aromatic rings. The van der Waals surface area contributed by atoms with E-state index in [1.165, 1.54) is 5.56 Å². The Labute approximate surface area is 207 Å². The van der Waals surface area contributed by atoms with Crippen LogP contribution < -0.4 is 4.74 Å². The van der Waals surface area contributed by atoms with Crippen LogP contribution in [0.3, 0.4) is 0 Å². The molecule has 35 heavy (non-hydrogen) atoms. The van der Waals surface area contributed by atoms with Crippen LogP contribution in [0.25, 0.3) is 5.69 Å². The van der Waals surface area contributed by atoms with Crippen LogP contribution in [0.4, 0.5) is 0 Å². The Bertz CT molecular complexity index is 1200. The number of rotatable bonds is 12. The van der Waals surface area contributed by atoms with Gasteiger partial charge in [0.2, 0.25) is 5.88 Å². The predicted molar refractivity (Wildman–Crippen MR) is 138 cm³/mol. The van der Waals surface area contributed by atoms with Gasteiger partial charge in [0.05, 0.1) is 35.9 Å². The molecule has 6 nitrogen and oxygen atoms in total. The summed E-state index contributed by atoms with van der Waals surface area (Å²) in [6.07, 6.45) is 4.46. The fourth-order valence-corrected chi connectivity index (χ4v) is 4.02. The quantitative estimate of drug-likeness (QED) is 0.249. The van der Waals surface area contributed by atoms with E-state index in [0.29, 0.717) is 31.9 Å². The van der Waals surface area contributed by atoms with E-state index < -0.39 is 6.10 Å². The third-order valence-corrected chi connectivity index (χ3v) is 5.89. The molecule has 0 bridgehead atoms. The van der Waals surface area contributed by atoms with E-state index in [-0.39, 0.29) is 0 Å². The number of benzene rings is 2. The third-order valence-electron chi connectivity index (χ3n) is 5.89. The van der Waals surface area contributed by atoms with Crippen molar-refractivity contribution in [2.75, 3.05) is 6.54 Å². The smallest absolute Gasteiger partial charge is 0.227 e. The van der Waals surface area contributed by atoms with Gasteiger partial charge in [0.25, 0.3) is 0 Å². The van der Waals surface area contributed by atoms with Crippen molar-refractivity contribution in [3.05, 3.63) is 108 Å². The molecule has 1 atom stereocenters. The molecule has 0 amide bonds. The summed E-state index contributed by atoms with van der Waals surface area (Å²) in [6, 6.07) is 21.8. The van der Waals surface area contributed by atoms with Crippen molar-refractivity contribution in [1.82, 2.24) is 14.7 Å². The molecular weight excluding hydrogens is 438 g/mol. The van der Waals surface area contributed by atoms with Gasteiger partial charge in [0.15, 0.2) is 0 Å². The zero-order valence-electron chi connectivity index (χ0n) is 20.4. The zero-order valence-corrected chi connectivity index (χ0v) is 20.4. The van der Waals surface area contributed by atoms with Gasteiger partial charge in [0.1, 0.15) is 11.5 Å². The highest BCUT2D eigenvalue weighted by molar-refractivity contribution is 5.43. The van der Waals surface area contributed by atoms with Gasteiger partial charge in [-0.05, 0) is 63.1 Å². The van der Waals surface area contributed by atoms with Crippen molar-refractivity contribution >= 4 is 0 Å². The van der Waals surface area contributed by atoms with E-state index in [2.05, 4.69) is 18.4 Å². The maximum atomic E-state index is 10.7. The molecule has 1 unspecified atom stereocenters. The third kappa shape index (κ3) is 6.50. The van der Waals surface area contributed by atoms with Gasteiger partial charge in [-0.1, -0.05) is 42.0 Å². The van der Waals surface area contributed by atoms with Gasteiger partial charge < -0.3 is 14.3 Å². The Balaban J connectivity index is 1.69. The molecule has 6 heteroatoms. The molecule has 0 saturated carbocycles. The molecule has 0 fully saturated rings. The Hall–Kier alpha value is -3.61. The number of para-hydroxylation sites is 1. The number of aryl methyl sites for hydroxylation is 2. The molecule has 0 aliphatic heterocycles. The minimum atomic E-state index is -0.478. The van der Waals surface area contributed by atoms with Crippen molar-refractivity contribution < 1.29 is 14.3 Å². The van der Waals surface area contributed by atoms with Crippen LogP contribution in [-0.4, -0.2) is 32.4 Å². The highest BCUT2D eigenvalue weighted by Crippen LogP contribution is 2.32. The number of furan rings is 1. The summed E-state index contributed by atoms with van der Waals surface area (Å²) in [7, 11) is 0. The summed E-state index contributed by atoms with van der Waals surface area (Å²) in [5.74, 6) is 2.26. The average molecular weight is 472 g/mol. The van der Waals surface area contributed by atoms with E-state index in [9.17, 15) is 5.11 Å². The van der Waals surface area contributed by atoms with Crippen molar-refractivity contribution in [3.63, 3.8) is 0 Å². The van der Waals surface area contributed by atoms with Crippen LogP contribution in [0.5, 0.6) is 11.6 Å². The van der Waals surface area contributed by atoms with Crippen LogP contribution in [-0.2, 0) is 13.1 Å².